The molecule has 0 aromatic heterocycles. The van der Waals surface area contributed by atoms with Crippen molar-refractivity contribution in [3.63, 3.8) is 0 Å². The third-order valence-electron chi connectivity index (χ3n) is 4.23. The van der Waals surface area contributed by atoms with Gasteiger partial charge in [0.1, 0.15) is 0 Å². The minimum absolute atomic E-state index is 0.219. The maximum absolute atomic E-state index is 11.6. The summed E-state index contributed by atoms with van der Waals surface area (Å²) in [5, 5.41) is 5.36. The largest absolute Gasteiger partial charge is 0.372 e. The Morgan fingerprint density at radius 1 is 1.05 bits per heavy atom. The molecule has 0 atom stereocenters. The van der Waals surface area contributed by atoms with Gasteiger partial charge in [-0.3, -0.25) is 9.59 Å². The molecule has 5 nitrogen and oxygen atoms in total. The van der Waals surface area contributed by atoms with Gasteiger partial charge >= 0.3 is 11.8 Å². The van der Waals surface area contributed by atoms with E-state index in [4.69, 9.17) is 0 Å². The Hall–Kier alpha value is -2.04. The zero-order chi connectivity index (χ0) is 15.4. The topological polar surface area (TPSA) is 61.4 Å². The first kappa shape index (κ1) is 14.9. The van der Waals surface area contributed by atoms with Crippen molar-refractivity contribution in [2.24, 2.45) is 0 Å². The predicted octanol–water partition coefficient (Wildman–Crippen LogP) is 1.22. The van der Waals surface area contributed by atoms with Crippen LogP contribution in [-0.4, -0.2) is 37.5 Å². The summed E-state index contributed by atoms with van der Waals surface area (Å²) in [5.74, 6) is -1.03. The first-order valence-corrected chi connectivity index (χ1v) is 8.15. The quantitative estimate of drug-likeness (QED) is 0.804. The molecule has 2 aliphatic rings. The predicted molar refractivity (Wildman–Crippen MR) is 85.8 cm³/mol. The molecule has 1 aromatic rings. The minimum atomic E-state index is -0.527. The van der Waals surface area contributed by atoms with Crippen molar-refractivity contribution in [3.8, 4) is 0 Å². The lowest BCUT2D eigenvalue weighted by Gasteiger charge is -2.17. The van der Waals surface area contributed by atoms with Crippen LogP contribution in [0.2, 0.25) is 0 Å². The molecular formula is C17H23N3O2. The normalized spacial score (nSPS) is 17.4. The molecule has 0 bridgehead atoms. The molecule has 22 heavy (non-hydrogen) atoms. The Morgan fingerprint density at radius 2 is 1.73 bits per heavy atom. The second-order valence-corrected chi connectivity index (χ2v) is 6.11. The fraction of sp³-hybridized carbons (Fsp3) is 0.529. The monoisotopic (exact) mass is 301 g/mol. The van der Waals surface area contributed by atoms with Crippen LogP contribution in [0.4, 0.5) is 5.69 Å². The first-order chi connectivity index (χ1) is 10.7. The van der Waals surface area contributed by atoms with Crippen LogP contribution in [0.3, 0.4) is 0 Å². The molecule has 1 aromatic carbocycles. The number of hydrogen-bond acceptors (Lipinski definition) is 3. The minimum Gasteiger partial charge on any atom is -0.372 e. The summed E-state index contributed by atoms with van der Waals surface area (Å²) in [7, 11) is 0. The van der Waals surface area contributed by atoms with Crippen molar-refractivity contribution >= 4 is 17.5 Å². The number of amides is 2. The molecule has 5 heteroatoms. The van der Waals surface area contributed by atoms with Crippen molar-refractivity contribution in [1.29, 1.82) is 0 Å². The van der Waals surface area contributed by atoms with E-state index in [1.165, 1.54) is 24.1 Å². The van der Waals surface area contributed by atoms with E-state index in [1.54, 1.807) is 0 Å². The van der Waals surface area contributed by atoms with Crippen LogP contribution >= 0.6 is 0 Å². The summed E-state index contributed by atoms with van der Waals surface area (Å²) in [6.45, 7) is 2.77. The van der Waals surface area contributed by atoms with Gasteiger partial charge in [0.25, 0.3) is 0 Å². The SMILES string of the molecule is O=C(NCCc1ccc(N2CCCC2)cc1)C(=O)NC1CC1. The van der Waals surface area contributed by atoms with Crippen LogP contribution in [-0.2, 0) is 16.0 Å². The number of carbonyl (C=O) groups excluding carboxylic acids is 2. The van der Waals surface area contributed by atoms with Gasteiger partial charge in [0.15, 0.2) is 0 Å². The summed E-state index contributed by atoms with van der Waals surface area (Å²) >= 11 is 0. The molecule has 0 unspecified atom stereocenters. The highest BCUT2D eigenvalue weighted by Gasteiger charge is 2.26. The second-order valence-electron chi connectivity index (χ2n) is 6.11. The summed E-state index contributed by atoms with van der Waals surface area (Å²) in [5.41, 5.74) is 2.44. The van der Waals surface area contributed by atoms with E-state index >= 15 is 0 Å². The number of hydrogen-bond donors (Lipinski definition) is 2. The lowest BCUT2D eigenvalue weighted by molar-refractivity contribution is -0.139. The summed E-state index contributed by atoms with van der Waals surface area (Å²) in [4.78, 5) is 25.5. The molecule has 2 amide bonds. The van der Waals surface area contributed by atoms with Crippen LogP contribution in [0, 0.1) is 0 Å². The van der Waals surface area contributed by atoms with Gasteiger partial charge in [0.05, 0.1) is 0 Å². The van der Waals surface area contributed by atoms with Crippen LogP contribution < -0.4 is 15.5 Å². The van der Waals surface area contributed by atoms with E-state index in [0.717, 1.165) is 32.4 Å². The maximum atomic E-state index is 11.6. The van der Waals surface area contributed by atoms with Crippen molar-refractivity contribution in [1.82, 2.24) is 10.6 Å². The molecule has 0 spiro atoms. The molecular weight excluding hydrogens is 278 g/mol. The Bertz CT molecular complexity index is 531. The van der Waals surface area contributed by atoms with Crippen molar-refractivity contribution < 1.29 is 9.59 Å². The molecule has 1 saturated carbocycles. The van der Waals surface area contributed by atoms with Crippen LogP contribution in [0.25, 0.3) is 0 Å². The van der Waals surface area contributed by atoms with Gasteiger partial charge in [-0.25, -0.2) is 0 Å². The molecule has 1 saturated heterocycles. The fourth-order valence-corrected chi connectivity index (χ4v) is 2.73. The van der Waals surface area contributed by atoms with Gasteiger partial charge in [-0.2, -0.15) is 0 Å². The smallest absolute Gasteiger partial charge is 0.309 e. The highest BCUT2D eigenvalue weighted by atomic mass is 16.2. The van der Waals surface area contributed by atoms with Crippen LogP contribution in [0.15, 0.2) is 24.3 Å². The summed E-state index contributed by atoms with van der Waals surface area (Å²) in [6, 6.07) is 8.70. The molecule has 1 aliphatic carbocycles. The molecule has 1 heterocycles. The number of nitrogens with one attached hydrogen (secondary N) is 2. The van der Waals surface area contributed by atoms with Crippen LogP contribution in [0.5, 0.6) is 0 Å². The van der Waals surface area contributed by atoms with E-state index < -0.39 is 11.8 Å². The van der Waals surface area contributed by atoms with Crippen LogP contribution in [0.1, 0.15) is 31.2 Å². The number of anilines is 1. The number of rotatable bonds is 5. The van der Waals surface area contributed by atoms with E-state index in [2.05, 4.69) is 39.8 Å². The van der Waals surface area contributed by atoms with E-state index in [1.807, 2.05) is 0 Å². The van der Waals surface area contributed by atoms with Gasteiger partial charge < -0.3 is 15.5 Å². The molecule has 118 valence electrons. The van der Waals surface area contributed by atoms with Crippen molar-refractivity contribution in [2.75, 3.05) is 24.5 Å². The fourth-order valence-electron chi connectivity index (χ4n) is 2.73. The zero-order valence-electron chi connectivity index (χ0n) is 12.8. The lowest BCUT2D eigenvalue weighted by Crippen LogP contribution is -2.41. The number of nitrogens with zero attached hydrogens (tertiary/aromatic N) is 1. The average Bonchev–Trinajstić information content (AvgIpc) is 3.17. The summed E-state index contributed by atoms with van der Waals surface area (Å²) < 4.78 is 0. The Morgan fingerprint density at radius 3 is 2.36 bits per heavy atom. The molecule has 3 rings (SSSR count). The van der Waals surface area contributed by atoms with Gasteiger partial charge in [-0.05, 0) is 49.8 Å². The van der Waals surface area contributed by atoms with E-state index in [0.29, 0.717) is 6.54 Å². The second kappa shape index (κ2) is 6.81. The maximum Gasteiger partial charge on any atom is 0.309 e. The van der Waals surface area contributed by atoms with Gasteiger partial charge in [-0.1, -0.05) is 12.1 Å². The zero-order valence-corrected chi connectivity index (χ0v) is 12.8. The number of carbonyl (C=O) groups is 2. The third-order valence-corrected chi connectivity index (χ3v) is 4.23. The van der Waals surface area contributed by atoms with Crippen molar-refractivity contribution in [3.05, 3.63) is 29.8 Å². The van der Waals surface area contributed by atoms with Crippen molar-refractivity contribution in [2.45, 2.75) is 38.1 Å². The van der Waals surface area contributed by atoms with E-state index in [9.17, 15) is 9.59 Å². The Balaban J connectivity index is 1.41. The third kappa shape index (κ3) is 4.00. The lowest BCUT2D eigenvalue weighted by atomic mass is 10.1. The molecule has 2 fully saturated rings. The summed E-state index contributed by atoms with van der Waals surface area (Å²) in [6.07, 6.45) is 5.26. The van der Waals surface area contributed by atoms with Gasteiger partial charge in [0, 0.05) is 31.4 Å². The first-order valence-electron chi connectivity index (χ1n) is 8.15. The highest BCUT2D eigenvalue weighted by Crippen LogP contribution is 2.20. The van der Waals surface area contributed by atoms with Gasteiger partial charge in [0.2, 0.25) is 0 Å². The molecule has 0 radical (unpaired) electrons. The highest BCUT2D eigenvalue weighted by molar-refractivity contribution is 6.35. The van der Waals surface area contributed by atoms with Gasteiger partial charge in [-0.15, -0.1) is 0 Å². The number of benzene rings is 1. The Labute approximate surface area is 131 Å². The molecule has 1 aliphatic heterocycles. The Kier molecular flexibility index (Phi) is 4.61. The molecule has 2 N–H and O–H groups in total. The average molecular weight is 301 g/mol. The standard InChI is InChI=1S/C17H23N3O2/c21-16(17(22)19-14-5-6-14)18-10-9-13-3-7-15(8-4-13)20-11-1-2-12-20/h3-4,7-8,14H,1-2,5-6,9-12H2,(H,18,21)(H,19,22). The van der Waals surface area contributed by atoms with E-state index in [-0.39, 0.29) is 6.04 Å².